The standard InChI is InChI=1S/C13H26N4O.HI/c14-13(17-9-11-18-12-10-17)15-5-1-2-6-16-7-3-4-8-16;/h1-12H2,(H2,14,15);1H. The minimum Gasteiger partial charge on any atom is -0.378 e. The van der Waals surface area contributed by atoms with Gasteiger partial charge in [0.05, 0.1) is 13.2 Å². The Bertz CT molecular complexity index is 263. The third kappa shape index (κ3) is 6.27. The maximum absolute atomic E-state index is 5.96. The quantitative estimate of drug-likeness (QED) is 0.335. The molecule has 2 rings (SSSR count). The molecule has 2 aliphatic rings. The molecule has 0 aromatic heterocycles. The van der Waals surface area contributed by atoms with Crippen LogP contribution >= 0.6 is 24.0 Å². The Balaban J connectivity index is 0.00000180. The fraction of sp³-hybridized carbons (Fsp3) is 0.923. The number of halogens is 1. The van der Waals surface area contributed by atoms with E-state index in [-0.39, 0.29) is 24.0 Å². The van der Waals surface area contributed by atoms with Crippen molar-refractivity contribution >= 4 is 29.9 Å². The molecule has 0 bridgehead atoms. The van der Waals surface area contributed by atoms with Crippen molar-refractivity contribution in [1.82, 2.24) is 9.80 Å². The van der Waals surface area contributed by atoms with Gasteiger partial charge in [-0.05, 0) is 45.3 Å². The number of rotatable bonds is 5. The molecule has 0 unspecified atom stereocenters. The molecule has 0 radical (unpaired) electrons. The van der Waals surface area contributed by atoms with Crippen molar-refractivity contribution in [2.45, 2.75) is 25.7 Å². The molecule has 0 aliphatic carbocycles. The first kappa shape index (κ1) is 17.0. The number of nitrogens with zero attached hydrogens (tertiary/aromatic N) is 3. The summed E-state index contributed by atoms with van der Waals surface area (Å²) < 4.78 is 5.29. The number of morpholine rings is 1. The van der Waals surface area contributed by atoms with Crippen LogP contribution in [0, 0.1) is 0 Å². The van der Waals surface area contributed by atoms with Crippen LogP contribution in [-0.2, 0) is 4.74 Å². The average molecular weight is 382 g/mol. The summed E-state index contributed by atoms with van der Waals surface area (Å²) in [6.45, 7) is 7.96. The van der Waals surface area contributed by atoms with Gasteiger partial charge in [0.2, 0.25) is 0 Å². The number of unbranched alkanes of at least 4 members (excludes halogenated alkanes) is 1. The van der Waals surface area contributed by atoms with Crippen molar-refractivity contribution in [3.05, 3.63) is 0 Å². The molecule has 6 heteroatoms. The highest BCUT2D eigenvalue weighted by atomic mass is 127. The van der Waals surface area contributed by atoms with Gasteiger partial charge in [-0.25, -0.2) is 0 Å². The number of nitrogens with two attached hydrogens (primary N) is 1. The normalized spacial score (nSPS) is 21.5. The van der Waals surface area contributed by atoms with E-state index < -0.39 is 0 Å². The van der Waals surface area contributed by atoms with Crippen molar-refractivity contribution in [3.8, 4) is 0 Å². The number of ether oxygens (including phenoxy) is 1. The van der Waals surface area contributed by atoms with Gasteiger partial charge in [-0.2, -0.15) is 0 Å². The summed E-state index contributed by atoms with van der Waals surface area (Å²) in [4.78, 5) is 9.12. The Morgan fingerprint density at radius 1 is 1.05 bits per heavy atom. The van der Waals surface area contributed by atoms with Crippen LogP contribution in [0.15, 0.2) is 4.99 Å². The van der Waals surface area contributed by atoms with Gasteiger partial charge in [-0.15, -0.1) is 24.0 Å². The summed E-state index contributed by atoms with van der Waals surface area (Å²) >= 11 is 0. The Kier molecular flexibility index (Phi) is 8.72. The maximum atomic E-state index is 5.96. The third-order valence-electron chi connectivity index (χ3n) is 3.69. The van der Waals surface area contributed by atoms with E-state index in [0.717, 1.165) is 39.3 Å². The van der Waals surface area contributed by atoms with Gasteiger partial charge >= 0.3 is 0 Å². The second-order valence-corrected chi connectivity index (χ2v) is 5.10. The number of hydrogen-bond donors (Lipinski definition) is 1. The number of guanidine groups is 1. The molecule has 0 aromatic rings. The van der Waals surface area contributed by atoms with Gasteiger partial charge in [0, 0.05) is 19.6 Å². The lowest BCUT2D eigenvalue weighted by atomic mass is 10.3. The molecule has 0 saturated carbocycles. The summed E-state index contributed by atoms with van der Waals surface area (Å²) in [6.07, 6.45) is 5.13. The molecule has 2 fully saturated rings. The van der Waals surface area contributed by atoms with E-state index in [1.54, 1.807) is 0 Å². The summed E-state index contributed by atoms with van der Waals surface area (Å²) in [7, 11) is 0. The van der Waals surface area contributed by atoms with E-state index in [2.05, 4.69) is 14.8 Å². The lowest BCUT2D eigenvalue weighted by Gasteiger charge is -2.27. The monoisotopic (exact) mass is 382 g/mol. The van der Waals surface area contributed by atoms with Gasteiger partial charge in [-0.3, -0.25) is 4.99 Å². The lowest BCUT2D eigenvalue weighted by Crippen LogP contribution is -2.44. The number of hydrogen-bond acceptors (Lipinski definition) is 3. The predicted molar refractivity (Wildman–Crippen MR) is 89.2 cm³/mol. The highest BCUT2D eigenvalue weighted by molar-refractivity contribution is 14.0. The first-order chi connectivity index (χ1) is 8.86. The molecule has 19 heavy (non-hydrogen) atoms. The zero-order chi connectivity index (χ0) is 12.6. The average Bonchev–Trinajstić information content (AvgIpc) is 2.92. The Labute approximate surface area is 133 Å². The molecule has 2 heterocycles. The fourth-order valence-corrected chi connectivity index (χ4v) is 2.54. The second kappa shape index (κ2) is 9.77. The predicted octanol–water partition coefficient (Wildman–Crippen LogP) is 1.13. The van der Waals surface area contributed by atoms with Gasteiger partial charge in [0.15, 0.2) is 5.96 Å². The number of likely N-dealkylation sites (tertiary alicyclic amines) is 1. The minimum atomic E-state index is 0. The van der Waals surface area contributed by atoms with E-state index in [0.29, 0.717) is 5.96 Å². The van der Waals surface area contributed by atoms with Crippen molar-refractivity contribution in [3.63, 3.8) is 0 Å². The SMILES string of the molecule is I.NC(=NCCCCN1CCCC1)N1CCOCC1. The van der Waals surface area contributed by atoms with Crippen molar-refractivity contribution in [1.29, 1.82) is 0 Å². The zero-order valence-electron chi connectivity index (χ0n) is 11.7. The molecule has 0 atom stereocenters. The van der Waals surface area contributed by atoms with Gasteiger partial charge in [-0.1, -0.05) is 0 Å². The molecule has 5 nitrogen and oxygen atoms in total. The van der Waals surface area contributed by atoms with Crippen LogP contribution in [0.3, 0.4) is 0 Å². The van der Waals surface area contributed by atoms with Crippen LogP contribution in [0.25, 0.3) is 0 Å². The van der Waals surface area contributed by atoms with E-state index in [1.807, 2.05) is 0 Å². The van der Waals surface area contributed by atoms with Crippen molar-refractivity contribution in [2.24, 2.45) is 10.7 Å². The summed E-state index contributed by atoms with van der Waals surface area (Å²) in [5.74, 6) is 0.694. The highest BCUT2D eigenvalue weighted by Crippen LogP contribution is 2.08. The van der Waals surface area contributed by atoms with Gasteiger partial charge < -0.3 is 20.3 Å². The van der Waals surface area contributed by atoms with Gasteiger partial charge in [0.1, 0.15) is 0 Å². The van der Waals surface area contributed by atoms with Crippen molar-refractivity contribution in [2.75, 3.05) is 52.5 Å². The molecule has 0 aromatic carbocycles. The fourth-order valence-electron chi connectivity index (χ4n) is 2.54. The van der Waals surface area contributed by atoms with Crippen LogP contribution in [0.5, 0.6) is 0 Å². The molecule has 0 amide bonds. The molecule has 2 aliphatic heterocycles. The molecule has 112 valence electrons. The van der Waals surface area contributed by atoms with Crippen LogP contribution in [0.4, 0.5) is 0 Å². The third-order valence-corrected chi connectivity index (χ3v) is 3.69. The molecule has 2 saturated heterocycles. The highest BCUT2D eigenvalue weighted by Gasteiger charge is 2.12. The summed E-state index contributed by atoms with van der Waals surface area (Å²) in [5.41, 5.74) is 5.96. The zero-order valence-corrected chi connectivity index (χ0v) is 14.1. The van der Waals surface area contributed by atoms with Crippen molar-refractivity contribution < 1.29 is 4.74 Å². The molecule has 0 spiro atoms. The van der Waals surface area contributed by atoms with Crippen LogP contribution in [-0.4, -0.2) is 68.2 Å². The minimum absolute atomic E-state index is 0. The van der Waals surface area contributed by atoms with E-state index in [4.69, 9.17) is 10.5 Å². The first-order valence-corrected chi connectivity index (χ1v) is 7.21. The van der Waals surface area contributed by atoms with E-state index in [9.17, 15) is 0 Å². The Morgan fingerprint density at radius 2 is 1.74 bits per heavy atom. The largest absolute Gasteiger partial charge is 0.378 e. The lowest BCUT2D eigenvalue weighted by molar-refractivity contribution is 0.0674. The van der Waals surface area contributed by atoms with Crippen LogP contribution < -0.4 is 5.73 Å². The molecule has 2 N–H and O–H groups in total. The molecular formula is C13H27IN4O. The van der Waals surface area contributed by atoms with E-state index in [1.165, 1.54) is 38.9 Å². The Morgan fingerprint density at radius 3 is 2.42 bits per heavy atom. The summed E-state index contributed by atoms with van der Waals surface area (Å²) in [5, 5.41) is 0. The summed E-state index contributed by atoms with van der Waals surface area (Å²) in [6, 6.07) is 0. The maximum Gasteiger partial charge on any atom is 0.191 e. The second-order valence-electron chi connectivity index (χ2n) is 5.10. The molecular weight excluding hydrogens is 355 g/mol. The van der Waals surface area contributed by atoms with Crippen LogP contribution in [0.1, 0.15) is 25.7 Å². The topological polar surface area (TPSA) is 54.1 Å². The Hall–Kier alpha value is -0.0800. The van der Waals surface area contributed by atoms with Gasteiger partial charge in [0.25, 0.3) is 0 Å². The van der Waals surface area contributed by atoms with E-state index >= 15 is 0 Å². The smallest absolute Gasteiger partial charge is 0.191 e. The van der Waals surface area contributed by atoms with Crippen LogP contribution in [0.2, 0.25) is 0 Å². The first-order valence-electron chi connectivity index (χ1n) is 7.21. The number of aliphatic imine (C=N–C) groups is 1.